The predicted octanol–water partition coefficient (Wildman–Crippen LogP) is 3.52. The lowest BCUT2D eigenvalue weighted by Gasteiger charge is -2.30. The largest absolute Gasteiger partial charge is 0.409 e. The van der Waals surface area contributed by atoms with E-state index in [9.17, 15) is 0 Å². The van der Waals surface area contributed by atoms with Gasteiger partial charge in [0.2, 0.25) is 0 Å². The maximum Gasteiger partial charge on any atom is 0.173 e. The third kappa shape index (κ3) is 3.84. The number of anilines is 1. The molecule has 0 saturated heterocycles. The number of rotatable bonds is 5. The van der Waals surface area contributed by atoms with Gasteiger partial charge in [0.05, 0.1) is 5.56 Å². The monoisotopic (exact) mass is 307 g/mol. The van der Waals surface area contributed by atoms with Crippen molar-refractivity contribution in [3.63, 3.8) is 0 Å². The van der Waals surface area contributed by atoms with Crippen molar-refractivity contribution in [1.82, 2.24) is 0 Å². The molecule has 0 radical (unpaired) electrons. The van der Waals surface area contributed by atoms with Gasteiger partial charge in [-0.15, -0.1) is 11.8 Å². The normalized spacial score (nSPS) is 17.0. The van der Waals surface area contributed by atoms with Gasteiger partial charge in [-0.2, -0.15) is 0 Å². The number of benzene rings is 1. The van der Waals surface area contributed by atoms with E-state index >= 15 is 0 Å². The molecule has 1 aliphatic carbocycles. The number of thioether (sulfide) groups is 1. The molecule has 2 rings (SSSR count). The third-order valence-electron chi connectivity index (χ3n) is 4.26. The van der Waals surface area contributed by atoms with Gasteiger partial charge >= 0.3 is 0 Å². The van der Waals surface area contributed by atoms with Gasteiger partial charge in [0.1, 0.15) is 0 Å². The Morgan fingerprint density at radius 1 is 1.38 bits per heavy atom. The molecule has 0 heterocycles. The van der Waals surface area contributed by atoms with Gasteiger partial charge in [-0.3, -0.25) is 0 Å². The molecule has 0 atom stereocenters. The lowest BCUT2D eigenvalue weighted by atomic mass is 9.89. The van der Waals surface area contributed by atoms with Crippen molar-refractivity contribution in [2.75, 3.05) is 24.7 Å². The Morgan fingerprint density at radius 3 is 2.71 bits per heavy atom. The third-order valence-corrected chi connectivity index (χ3v) is 5.04. The van der Waals surface area contributed by atoms with Crippen LogP contribution in [0, 0.1) is 5.92 Å². The number of amidine groups is 1. The van der Waals surface area contributed by atoms with Gasteiger partial charge in [-0.25, -0.2) is 0 Å². The average Bonchev–Trinajstić information content (AvgIpc) is 2.54. The summed E-state index contributed by atoms with van der Waals surface area (Å²) in [6, 6.07) is 6.10. The second kappa shape index (κ2) is 7.59. The average molecular weight is 307 g/mol. The van der Waals surface area contributed by atoms with Crippen LogP contribution >= 0.6 is 11.8 Å². The second-order valence-electron chi connectivity index (χ2n) is 5.72. The summed E-state index contributed by atoms with van der Waals surface area (Å²) in [6.45, 7) is 1.03. The molecule has 0 amide bonds. The van der Waals surface area contributed by atoms with Crippen molar-refractivity contribution in [3.8, 4) is 0 Å². The van der Waals surface area contributed by atoms with Crippen LogP contribution in [-0.4, -0.2) is 30.9 Å². The van der Waals surface area contributed by atoms with Crippen LogP contribution in [0.4, 0.5) is 5.69 Å². The van der Waals surface area contributed by atoms with E-state index in [0.717, 1.165) is 28.6 Å². The van der Waals surface area contributed by atoms with Crippen molar-refractivity contribution < 1.29 is 5.21 Å². The molecule has 1 aromatic carbocycles. The van der Waals surface area contributed by atoms with E-state index in [2.05, 4.69) is 23.2 Å². The highest BCUT2D eigenvalue weighted by Gasteiger charge is 2.19. The first-order chi connectivity index (χ1) is 10.2. The number of hydrogen-bond acceptors (Lipinski definition) is 4. The highest BCUT2D eigenvalue weighted by molar-refractivity contribution is 7.98. The number of nitrogens with zero attached hydrogens (tertiary/aromatic N) is 2. The van der Waals surface area contributed by atoms with Gasteiger partial charge in [-0.05, 0) is 37.1 Å². The molecule has 1 saturated carbocycles. The molecule has 0 spiro atoms. The van der Waals surface area contributed by atoms with Crippen molar-refractivity contribution in [2.24, 2.45) is 16.8 Å². The van der Waals surface area contributed by atoms with E-state index < -0.39 is 0 Å². The topological polar surface area (TPSA) is 61.8 Å². The SMILES string of the molecule is CSc1cccc(N(C)CC2CCCCC2)c1/C(N)=N/O. The molecular formula is C16H25N3OS. The minimum atomic E-state index is 0.186. The van der Waals surface area contributed by atoms with Crippen LogP contribution in [0.2, 0.25) is 0 Å². The molecule has 4 nitrogen and oxygen atoms in total. The van der Waals surface area contributed by atoms with Crippen molar-refractivity contribution in [3.05, 3.63) is 23.8 Å². The summed E-state index contributed by atoms with van der Waals surface area (Å²) in [6.07, 6.45) is 8.69. The molecule has 21 heavy (non-hydrogen) atoms. The Balaban J connectivity index is 2.24. The van der Waals surface area contributed by atoms with Gasteiger partial charge < -0.3 is 15.8 Å². The molecule has 0 bridgehead atoms. The van der Waals surface area contributed by atoms with E-state index in [0.29, 0.717) is 0 Å². The Hall–Kier alpha value is -1.36. The zero-order chi connectivity index (χ0) is 15.2. The molecule has 3 N–H and O–H groups in total. The number of nitrogens with two attached hydrogens (primary N) is 1. The van der Waals surface area contributed by atoms with E-state index in [1.165, 1.54) is 32.1 Å². The second-order valence-corrected chi connectivity index (χ2v) is 6.57. The molecule has 5 heteroatoms. The van der Waals surface area contributed by atoms with E-state index in [1.807, 2.05) is 18.4 Å². The van der Waals surface area contributed by atoms with Crippen molar-refractivity contribution in [1.29, 1.82) is 0 Å². The van der Waals surface area contributed by atoms with Crippen LogP contribution < -0.4 is 10.6 Å². The molecule has 1 aliphatic rings. The smallest absolute Gasteiger partial charge is 0.173 e. The Morgan fingerprint density at radius 2 is 2.10 bits per heavy atom. The zero-order valence-electron chi connectivity index (χ0n) is 12.9. The zero-order valence-corrected chi connectivity index (χ0v) is 13.7. The molecule has 1 fully saturated rings. The molecule has 0 aromatic heterocycles. The summed E-state index contributed by atoms with van der Waals surface area (Å²) in [4.78, 5) is 3.29. The minimum Gasteiger partial charge on any atom is -0.409 e. The van der Waals surface area contributed by atoms with Gasteiger partial charge in [0.25, 0.3) is 0 Å². The van der Waals surface area contributed by atoms with Crippen LogP contribution in [0.15, 0.2) is 28.3 Å². The Labute approximate surface area is 131 Å². The lowest BCUT2D eigenvalue weighted by molar-refractivity contribution is 0.318. The fraction of sp³-hybridized carbons (Fsp3) is 0.562. The molecule has 116 valence electrons. The van der Waals surface area contributed by atoms with Gasteiger partial charge in [-0.1, -0.05) is 30.5 Å². The van der Waals surface area contributed by atoms with Gasteiger partial charge in [0.15, 0.2) is 5.84 Å². The maximum absolute atomic E-state index is 9.07. The Bertz CT molecular complexity index is 498. The molecule has 1 aromatic rings. The van der Waals surface area contributed by atoms with E-state index in [-0.39, 0.29) is 5.84 Å². The van der Waals surface area contributed by atoms with E-state index in [1.54, 1.807) is 11.8 Å². The first-order valence-corrected chi connectivity index (χ1v) is 8.76. The van der Waals surface area contributed by atoms with Crippen LogP contribution in [-0.2, 0) is 0 Å². The number of oxime groups is 1. The standard InChI is InChI=1S/C16H25N3OS/c1-19(11-12-7-4-3-5-8-12)13-9-6-10-14(21-2)15(13)16(17)18-20/h6,9-10,12,20H,3-5,7-8,11H2,1-2H3,(H2,17,18). The van der Waals surface area contributed by atoms with Crippen LogP contribution in [0.5, 0.6) is 0 Å². The summed E-state index contributed by atoms with van der Waals surface area (Å²) >= 11 is 1.62. The Kier molecular flexibility index (Phi) is 5.79. The number of hydrogen-bond donors (Lipinski definition) is 2. The summed E-state index contributed by atoms with van der Waals surface area (Å²) in [5, 5.41) is 12.3. The highest BCUT2D eigenvalue weighted by atomic mass is 32.2. The van der Waals surface area contributed by atoms with Crippen LogP contribution in [0.3, 0.4) is 0 Å². The first-order valence-electron chi connectivity index (χ1n) is 7.53. The quantitative estimate of drug-likeness (QED) is 0.287. The summed E-state index contributed by atoms with van der Waals surface area (Å²) in [5.41, 5.74) is 7.79. The summed E-state index contributed by atoms with van der Waals surface area (Å²) < 4.78 is 0. The minimum absolute atomic E-state index is 0.186. The fourth-order valence-electron chi connectivity index (χ4n) is 3.17. The lowest BCUT2D eigenvalue weighted by Crippen LogP contribution is -2.29. The highest BCUT2D eigenvalue weighted by Crippen LogP contribution is 2.31. The van der Waals surface area contributed by atoms with Crippen molar-refractivity contribution in [2.45, 2.75) is 37.0 Å². The predicted molar refractivity (Wildman–Crippen MR) is 90.6 cm³/mol. The van der Waals surface area contributed by atoms with Crippen LogP contribution in [0.1, 0.15) is 37.7 Å². The molecule has 0 aliphatic heterocycles. The summed E-state index contributed by atoms with van der Waals surface area (Å²) in [5.74, 6) is 0.937. The maximum atomic E-state index is 9.07. The van der Waals surface area contributed by atoms with Crippen molar-refractivity contribution >= 4 is 23.3 Å². The first kappa shape index (κ1) is 16.0. The molecular weight excluding hydrogens is 282 g/mol. The van der Waals surface area contributed by atoms with E-state index in [4.69, 9.17) is 10.9 Å². The molecule has 0 unspecified atom stereocenters. The van der Waals surface area contributed by atoms with Crippen LogP contribution in [0.25, 0.3) is 0 Å². The fourth-order valence-corrected chi connectivity index (χ4v) is 3.80. The van der Waals surface area contributed by atoms with Gasteiger partial charge in [0, 0.05) is 24.2 Å². The summed E-state index contributed by atoms with van der Waals surface area (Å²) in [7, 11) is 2.10.